The highest BCUT2D eigenvalue weighted by atomic mass is 16.3. The highest BCUT2D eigenvalue weighted by molar-refractivity contribution is 4.99. The first-order valence-electron chi connectivity index (χ1n) is 5.56. The Kier molecular flexibility index (Phi) is 2.37. The fourth-order valence-corrected chi connectivity index (χ4v) is 3.15. The van der Waals surface area contributed by atoms with Gasteiger partial charge < -0.3 is 10.4 Å². The highest BCUT2D eigenvalue weighted by Gasteiger charge is 2.42. The third-order valence-electron chi connectivity index (χ3n) is 3.38. The minimum absolute atomic E-state index is 0.356. The monoisotopic (exact) mass is 183 g/mol. The average molecular weight is 183 g/mol. The van der Waals surface area contributed by atoms with Gasteiger partial charge in [0.05, 0.1) is 5.60 Å². The standard InChI is InChI=1S/C11H21NO/c1-8(2)5-11(13)6-9-3-4-10(7-11)12-9/h8-10,12-13H,3-7H2,1-2H3. The Morgan fingerprint density at radius 1 is 1.31 bits per heavy atom. The number of fused-ring (bicyclic) bond motifs is 2. The van der Waals surface area contributed by atoms with Crippen LogP contribution in [-0.2, 0) is 0 Å². The van der Waals surface area contributed by atoms with E-state index in [1.54, 1.807) is 0 Å². The van der Waals surface area contributed by atoms with Gasteiger partial charge in [-0.1, -0.05) is 13.8 Å². The first kappa shape index (κ1) is 9.47. The molecule has 2 rings (SSSR count). The number of nitrogens with one attached hydrogen (secondary N) is 1. The molecular formula is C11H21NO. The quantitative estimate of drug-likeness (QED) is 0.682. The van der Waals surface area contributed by atoms with Gasteiger partial charge in [-0.3, -0.25) is 0 Å². The lowest BCUT2D eigenvalue weighted by Gasteiger charge is -2.38. The van der Waals surface area contributed by atoms with E-state index in [4.69, 9.17) is 0 Å². The molecule has 2 nitrogen and oxygen atoms in total. The fraction of sp³-hybridized carbons (Fsp3) is 1.00. The number of piperidine rings is 1. The van der Waals surface area contributed by atoms with E-state index in [1.807, 2.05) is 0 Å². The van der Waals surface area contributed by atoms with Crippen LogP contribution in [-0.4, -0.2) is 22.8 Å². The van der Waals surface area contributed by atoms with E-state index >= 15 is 0 Å². The summed E-state index contributed by atoms with van der Waals surface area (Å²) >= 11 is 0. The van der Waals surface area contributed by atoms with Crippen LogP contribution >= 0.6 is 0 Å². The Morgan fingerprint density at radius 3 is 2.31 bits per heavy atom. The fourth-order valence-electron chi connectivity index (χ4n) is 3.15. The maximum absolute atomic E-state index is 10.4. The van der Waals surface area contributed by atoms with E-state index in [9.17, 15) is 5.11 Å². The normalized spacial score (nSPS) is 44.3. The Hall–Kier alpha value is -0.0800. The predicted octanol–water partition coefficient (Wildman–Crippen LogP) is 1.68. The summed E-state index contributed by atoms with van der Waals surface area (Å²) in [5.74, 6) is 0.613. The van der Waals surface area contributed by atoms with Gasteiger partial charge in [0.25, 0.3) is 0 Å². The molecule has 76 valence electrons. The van der Waals surface area contributed by atoms with E-state index in [0.29, 0.717) is 18.0 Å². The second-order valence-corrected chi connectivity index (χ2v) is 5.37. The van der Waals surface area contributed by atoms with Crippen LogP contribution in [0.5, 0.6) is 0 Å². The molecule has 2 fully saturated rings. The number of hydrogen-bond acceptors (Lipinski definition) is 2. The van der Waals surface area contributed by atoms with Crippen molar-refractivity contribution in [1.82, 2.24) is 5.32 Å². The molecule has 2 heteroatoms. The zero-order valence-electron chi connectivity index (χ0n) is 8.71. The molecule has 0 aliphatic carbocycles. The van der Waals surface area contributed by atoms with Gasteiger partial charge in [-0.25, -0.2) is 0 Å². The zero-order valence-corrected chi connectivity index (χ0v) is 8.71. The van der Waals surface area contributed by atoms with Gasteiger partial charge >= 0.3 is 0 Å². The molecule has 2 atom stereocenters. The molecule has 13 heavy (non-hydrogen) atoms. The van der Waals surface area contributed by atoms with Gasteiger partial charge in [0.2, 0.25) is 0 Å². The van der Waals surface area contributed by atoms with Crippen LogP contribution in [0.15, 0.2) is 0 Å². The second-order valence-electron chi connectivity index (χ2n) is 5.37. The SMILES string of the molecule is CC(C)CC1(O)CC2CCC(C1)N2. The van der Waals surface area contributed by atoms with Gasteiger partial charge in [-0.2, -0.15) is 0 Å². The van der Waals surface area contributed by atoms with Gasteiger partial charge in [-0.05, 0) is 38.0 Å². The summed E-state index contributed by atoms with van der Waals surface area (Å²) < 4.78 is 0. The van der Waals surface area contributed by atoms with Crippen molar-refractivity contribution in [2.45, 2.75) is 63.6 Å². The third-order valence-corrected chi connectivity index (χ3v) is 3.38. The van der Waals surface area contributed by atoms with Crippen LogP contribution in [0.2, 0.25) is 0 Å². The lowest BCUT2D eigenvalue weighted by Crippen LogP contribution is -2.48. The van der Waals surface area contributed by atoms with E-state index in [0.717, 1.165) is 19.3 Å². The lowest BCUT2D eigenvalue weighted by atomic mass is 9.81. The molecule has 0 aromatic carbocycles. The molecule has 2 heterocycles. The minimum Gasteiger partial charge on any atom is -0.390 e. The Labute approximate surface area is 80.7 Å². The van der Waals surface area contributed by atoms with E-state index in [-0.39, 0.29) is 5.60 Å². The Morgan fingerprint density at radius 2 is 1.85 bits per heavy atom. The molecule has 2 bridgehead atoms. The molecule has 2 aliphatic rings. The van der Waals surface area contributed by atoms with Crippen molar-refractivity contribution in [1.29, 1.82) is 0 Å². The van der Waals surface area contributed by atoms with Crippen LogP contribution in [0.3, 0.4) is 0 Å². The number of hydrogen-bond donors (Lipinski definition) is 2. The van der Waals surface area contributed by atoms with Crippen molar-refractivity contribution in [3.63, 3.8) is 0 Å². The van der Waals surface area contributed by atoms with Gasteiger partial charge in [0, 0.05) is 12.1 Å². The van der Waals surface area contributed by atoms with Gasteiger partial charge in [-0.15, -0.1) is 0 Å². The summed E-state index contributed by atoms with van der Waals surface area (Å²) in [6.45, 7) is 4.39. The lowest BCUT2D eigenvalue weighted by molar-refractivity contribution is -0.0234. The summed E-state index contributed by atoms with van der Waals surface area (Å²) in [5, 5.41) is 13.9. The molecule has 2 N–H and O–H groups in total. The second kappa shape index (κ2) is 3.25. The molecule has 0 spiro atoms. The summed E-state index contributed by atoms with van der Waals surface area (Å²) in [6, 6.07) is 1.20. The van der Waals surface area contributed by atoms with Crippen LogP contribution in [0, 0.1) is 5.92 Å². The van der Waals surface area contributed by atoms with Crippen molar-refractivity contribution >= 4 is 0 Å². The molecule has 0 saturated carbocycles. The van der Waals surface area contributed by atoms with Crippen LogP contribution < -0.4 is 5.32 Å². The van der Waals surface area contributed by atoms with Gasteiger partial charge in [0.1, 0.15) is 0 Å². The molecule has 0 aromatic heterocycles. The van der Waals surface area contributed by atoms with Crippen molar-refractivity contribution in [2.75, 3.05) is 0 Å². The summed E-state index contributed by atoms with van der Waals surface area (Å²) in [4.78, 5) is 0. The maximum Gasteiger partial charge on any atom is 0.0679 e. The molecule has 2 aliphatic heterocycles. The third kappa shape index (κ3) is 2.05. The molecule has 0 radical (unpaired) electrons. The summed E-state index contributed by atoms with van der Waals surface area (Å²) in [6.07, 6.45) is 5.46. The minimum atomic E-state index is -0.356. The number of rotatable bonds is 2. The molecule has 0 aromatic rings. The predicted molar refractivity (Wildman–Crippen MR) is 53.6 cm³/mol. The van der Waals surface area contributed by atoms with Crippen molar-refractivity contribution in [3.8, 4) is 0 Å². The van der Waals surface area contributed by atoms with Crippen LogP contribution in [0.1, 0.15) is 46.0 Å². The first-order chi connectivity index (χ1) is 6.07. The van der Waals surface area contributed by atoms with Gasteiger partial charge in [0.15, 0.2) is 0 Å². The van der Waals surface area contributed by atoms with Crippen molar-refractivity contribution < 1.29 is 5.11 Å². The van der Waals surface area contributed by atoms with Crippen molar-refractivity contribution in [2.24, 2.45) is 5.92 Å². The van der Waals surface area contributed by atoms with E-state index in [1.165, 1.54) is 12.8 Å². The molecule has 0 amide bonds. The molecule has 2 saturated heterocycles. The zero-order chi connectivity index (χ0) is 9.47. The average Bonchev–Trinajstić information content (AvgIpc) is 2.27. The molecular weight excluding hydrogens is 162 g/mol. The maximum atomic E-state index is 10.4. The van der Waals surface area contributed by atoms with Crippen LogP contribution in [0.25, 0.3) is 0 Å². The highest BCUT2D eigenvalue weighted by Crippen LogP contribution is 2.37. The summed E-state index contributed by atoms with van der Waals surface area (Å²) in [7, 11) is 0. The number of aliphatic hydroxyl groups is 1. The largest absolute Gasteiger partial charge is 0.390 e. The Bertz CT molecular complexity index is 179. The van der Waals surface area contributed by atoms with E-state index < -0.39 is 0 Å². The topological polar surface area (TPSA) is 32.3 Å². The smallest absolute Gasteiger partial charge is 0.0679 e. The summed E-state index contributed by atoms with van der Waals surface area (Å²) in [5.41, 5.74) is -0.356. The van der Waals surface area contributed by atoms with Crippen molar-refractivity contribution in [3.05, 3.63) is 0 Å². The molecule has 2 unspecified atom stereocenters. The Balaban J connectivity index is 1.99. The van der Waals surface area contributed by atoms with Crippen LogP contribution in [0.4, 0.5) is 0 Å². The first-order valence-corrected chi connectivity index (χ1v) is 5.56. The van der Waals surface area contributed by atoms with E-state index in [2.05, 4.69) is 19.2 Å².